The van der Waals surface area contributed by atoms with Gasteiger partial charge in [0.25, 0.3) is 0 Å². The summed E-state index contributed by atoms with van der Waals surface area (Å²) in [6.07, 6.45) is 1.25. The van der Waals surface area contributed by atoms with Crippen molar-refractivity contribution in [2.24, 2.45) is 0 Å². The fourth-order valence-electron chi connectivity index (χ4n) is 2.47. The molecule has 2 rings (SSSR count). The molecule has 0 radical (unpaired) electrons. The van der Waals surface area contributed by atoms with Gasteiger partial charge >= 0.3 is 0 Å². The molecule has 0 aromatic heterocycles. The summed E-state index contributed by atoms with van der Waals surface area (Å²) in [6.45, 7) is 0.774. The summed E-state index contributed by atoms with van der Waals surface area (Å²) in [4.78, 5) is 12.4. The van der Waals surface area contributed by atoms with E-state index in [9.17, 15) is 22.0 Å². The first-order valence-electron chi connectivity index (χ1n) is 6.42. The van der Waals surface area contributed by atoms with Gasteiger partial charge in [0, 0.05) is 18.0 Å². The number of benzene rings is 1. The van der Waals surface area contributed by atoms with Crippen molar-refractivity contribution in [2.75, 3.05) is 24.7 Å². The van der Waals surface area contributed by atoms with E-state index in [0.717, 1.165) is 18.4 Å². The van der Waals surface area contributed by atoms with E-state index >= 15 is 0 Å². The molecule has 1 aromatic carbocycles. The normalized spacial score (nSPS) is 17.4. The van der Waals surface area contributed by atoms with Crippen molar-refractivity contribution in [3.8, 4) is 0 Å². The van der Waals surface area contributed by atoms with Crippen LogP contribution in [0.1, 0.15) is 12.8 Å². The minimum atomic E-state index is -3.67. The SMILES string of the molecule is CS(=O)(=O)C1(C(=O)Nc2cc(F)cc(F)c2)CCNCC1.Cl. The molecule has 1 amide bonds. The summed E-state index contributed by atoms with van der Waals surface area (Å²) in [7, 11) is -3.67. The van der Waals surface area contributed by atoms with Gasteiger partial charge in [-0.1, -0.05) is 0 Å². The summed E-state index contributed by atoms with van der Waals surface area (Å²) >= 11 is 0. The second kappa shape index (κ2) is 6.89. The second-order valence-electron chi connectivity index (χ2n) is 5.13. The molecule has 1 aromatic rings. The van der Waals surface area contributed by atoms with Gasteiger partial charge in [-0.25, -0.2) is 17.2 Å². The molecule has 22 heavy (non-hydrogen) atoms. The highest BCUT2D eigenvalue weighted by molar-refractivity contribution is 7.92. The maximum atomic E-state index is 13.1. The highest BCUT2D eigenvalue weighted by atomic mass is 35.5. The summed E-state index contributed by atoms with van der Waals surface area (Å²) in [5.41, 5.74) is -0.0981. The Morgan fingerprint density at radius 3 is 2.14 bits per heavy atom. The summed E-state index contributed by atoms with van der Waals surface area (Å²) in [5, 5.41) is 5.30. The molecule has 1 saturated heterocycles. The molecule has 0 aliphatic carbocycles. The number of rotatable bonds is 3. The van der Waals surface area contributed by atoms with Crippen LogP contribution in [0.4, 0.5) is 14.5 Å². The molecular formula is C13H17ClF2N2O3S. The van der Waals surface area contributed by atoms with Crippen molar-refractivity contribution < 1.29 is 22.0 Å². The van der Waals surface area contributed by atoms with Crippen molar-refractivity contribution in [3.05, 3.63) is 29.8 Å². The number of nitrogens with one attached hydrogen (secondary N) is 2. The molecule has 1 aliphatic heterocycles. The molecule has 1 heterocycles. The van der Waals surface area contributed by atoms with Gasteiger partial charge in [0.1, 0.15) is 11.6 Å². The van der Waals surface area contributed by atoms with Gasteiger partial charge < -0.3 is 10.6 Å². The number of hydrogen-bond acceptors (Lipinski definition) is 4. The lowest BCUT2D eigenvalue weighted by molar-refractivity contribution is -0.119. The second-order valence-corrected chi connectivity index (χ2v) is 7.45. The molecule has 1 fully saturated rings. The van der Waals surface area contributed by atoms with Crippen LogP contribution in [0.5, 0.6) is 0 Å². The van der Waals surface area contributed by atoms with Crippen LogP contribution in [-0.4, -0.2) is 38.4 Å². The molecule has 0 bridgehead atoms. The van der Waals surface area contributed by atoms with Crippen LogP contribution in [0, 0.1) is 11.6 Å². The Balaban J connectivity index is 0.00000242. The molecular weight excluding hydrogens is 338 g/mol. The molecule has 124 valence electrons. The van der Waals surface area contributed by atoms with Gasteiger partial charge in [-0.05, 0) is 38.1 Å². The van der Waals surface area contributed by atoms with E-state index in [1.165, 1.54) is 0 Å². The van der Waals surface area contributed by atoms with E-state index in [2.05, 4.69) is 10.6 Å². The third-order valence-electron chi connectivity index (χ3n) is 3.66. The van der Waals surface area contributed by atoms with E-state index in [1.54, 1.807) is 0 Å². The van der Waals surface area contributed by atoms with Crippen molar-refractivity contribution in [1.29, 1.82) is 0 Å². The first-order chi connectivity index (χ1) is 9.74. The Hall–Kier alpha value is -1.25. The number of sulfone groups is 1. The van der Waals surface area contributed by atoms with Gasteiger partial charge in [0.15, 0.2) is 14.6 Å². The lowest BCUT2D eigenvalue weighted by atomic mass is 9.95. The molecule has 0 spiro atoms. The van der Waals surface area contributed by atoms with Gasteiger partial charge in [0.2, 0.25) is 5.91 Å². The van der Waals surface area contributed by atoms with Crippen LogP contribution in [0.2, 0.25) is 0 Å². The van der Waals surface area contributed by atoms with Crippen LogP contribution >= 0.6 is 12.4 Å². The Morgan fingerprint density at radius 1 is 1.18 bits per heavy atom. The van der Waals surface area contributed by atoms with Crippen molar-refractivity contribution in [2.45, 2.75) is 17.6 Å². The van der Waals surface area contributed by atoms with Crippen LogP contribution in [0.25, 0.3) is 0 Å². The maximum absolute atomic E-state index is 13.1. The quantitative estimate of drug-likeness (QED) is 0.862. The van der Waals surface area contributed by atoms with Crippen LogP contribution in [0.15, 0.2) is 18.2 Å². The number of carbonyl (C=O) groups excluding carboxylic acids is 1. The van der Waals surface area contributed by atoms with E-state index in [1.807, 2.05) is 0 Å². The summed E-state index contributed by atoms with van der Waals surface area (Å²) < 4.78 is 48.8. The van der Waals surface area contributed by atoms with Crippen molar-refractivity contribution in [1.82, 2.24) is 5.32 Å². The Kier molecular flexibility index (Phi) is 5.89. The predicted octanol–water partition coefficient (Wildman–Crippen LogP) is 1.49. The van der Waals surface area contributed by atoms with E-state index in [4.69, 9.17) is 0 Å². The molecule has 9 heteroatoms. The Bertz CT molecular complexity index is 641. The Morgan fingerprint density at radius 2 is 1.68 bits per heavy atom. The molecule has 0 saturated carbocycles. The van der Waals surface area contributed by atoms with Gasteiger partial charge in [-0.2, -0.15) is 0 Å². The standard InChI is InChI=1S/C13H16F2N2O3S.ClH/c1-21(19,20)13(2-4-16-5-3-13)12(18)17-11-7-9(14)6-10(15)8-11;/h6-8,16H,2-5H2,1H3,(H,17,18);1H. The maximum Gasteiger partial charge on any atom is 0.245 e. The molecule has 1 aliphatic rings. The number of amides is 1. The first-order valence-corrected chi connectivity index (χ1v) is 8.32. The van der Waals surface area contributed by atoms with Gasteiger partial charge in [0.05, 0.1) is 0 Å². The van der Waals surface area contributed by atoms with Crippen molar-refractivity contribution in [3.63, 3.8) is 0 Å². The fourth-order valence-corrected chi connectivity index (χ4v) is 3.80. The lowest BCUT2D eigenvalue weighted by Crippen LogP contribution is -2.55. The van der Waals surface area contributed by atoms with E-state index in [0.29, 0.717) is 19.2 Å². The van der Waals surface area contributed by atoms with Gasteiger partial charge in [-0.15, -0.1) is 12.4 Å². The highest BCUT2D eigenvalue weighted by Gasteiger charge is 2.48. The van der Waals surface area contributed by atoms with Crippen LogP contribution < -0.4 is 10.6 Å². The number of piperidine rings is 1. The highest BCUT2D eigenvalue weighted by Crippen LogP contribution is 2.29. The fraction of sp³-hybridized carbons (Fsp3) is 0.462. The average Bonchev–Trinajstić information content (AvgIpc) is 2.37. The number of hydrogen-bond donors (Lipinski definition) is 2. The number of carbonyl (C=O) groups is 1. The lowest BCUT2D eigenvalue weighted by Gasteiger charge is -2.34. The molecule has 0 atom stereocenters. The van der Waals surface area contributed by atoms with Crippen molar-refractivity contribution >= 4 is 33.8 Å². The molecule has 2 N–H and O–H groups in total. The first kappa shape index (κ1) is 18.8. The van der Waals surface area contributed by atoms with Crippen LogP contribution in [-0.2, 0) is 14.6 Å². The van der Waals surface area contributed by atoms with E-state index < -0.39 is 32.1 Å². The zero-order chi connectivity index (χ0) is 15.7. The zero-order valence-electron chi connectivity index (χ0n) is 11.9. The molecule has 0 unspecified atom stereocenters. The number of halogens is 3. The third-order valence-corrected chi connectivity index (χ3v) is 5.67. The monoisotopic (exact) mass is 354 g/mol. The minimum absolute atomic E-state index is 0. The minimum Gasteiger partial charge on any atom is -0.325 e. The third kappa shape index (κ3) is 3.74. The summed E-state index contributed by atoms with van der Waals surface area (Å²) in [5.74, 6) is -2.44. The largest absolute Gasteiger partial charge is 0.325 e. The van der Waals surface area contributed by atoms with E-state index in [-0.39, 0.29) is 30.9 Å². The molecule has 5 nitrogen and oxygen atoms in total. The number of anilines is 1. The van der Waals surface area contributed by atoms with Gasteiger partial charge in [-0.3, -0.25) is 4.79 Å². The Labute approximate surface area is 133 Å². The van der Waals surface area contributed by atoms with Crippen LogP contribution in [0.3, 0.4) is 0 Å². The zero-order valence-corrected chi connectivity index (χ0v) is 13.5. The average molecular weight is 355 g/mol. The summed E-state index contributed by atoms with van der Waals surface area (Å²) in [6, 6.07) is 2.56. The predicted molar refractivity (Wildman–Crippen MR) is 81.9 cm³/mol. The smallest absolute Gasteiger partial charge is 0.245 e. The topological polar surface area (TPSA) is 75.3 Å².